The highest BCUT2D eigenvalue weighted by Crippen LogP contribution is 2.15. The van der Waals surface area contributed by atoms with Crippen LogP contribution in [0, 0.1) is 0 Å². The molecular weight excluding hydrogens is 342 g/mol. The summed E-state index contributed by atoms with van der Waals surface area (Å²) in [5, 5.41) is 0. The molecule has 0 aliphatic rings. The van der Waals surface area contributed by atoms with Crippen LogP contribution in [0.4, 0.5) is 5.95 Å². The first-order valence-electron chi connectivity index (χ1n) is 7.18. The van der Waals surface area contributed by atoms with Crippen molar-refractivity contribution in [2.75, 3.05) is 18.0 Å². The number of nitrogens with two attached hydrogens (primary N) is 1. The summed E-state index contributed by atoms with van der Waals surface area (Å²) in [6.07, 6.45) is 4.43. The van der Waals surface area contributed by atoms with Gasteiger partial charge in [-0.15, -0.1) is 0 Å². The third-order valence-electron chi connectivity index (χ3n) is 3.07. The average molecular weight is 362 g/mol. The molecule has 0 fully saturated rings. The molecule has 0 spiro atoms. The fourth-order valence-electron chi connectivity index (χ4n) is 2.03. The van der Waals surface area contributed by atoms with Gasteiger partial charge in [0.05, 0.1) is 5.84 Å². The number of benzene rings is 1. The number of hydrogen-bond donors (Lipinski definition) is 1. The van der Waals surface area contributed by atoms with E-state index in [0.29, 0.717) is 12.4 Å². The molecular formula is C16H20BrN5. The fourth-order valence-corrected chi connectivity index (χ4v) is 2.30. The van der Waals surface area contributed by atoms with E-state index < -0.39 is 0 Å². The number of rotatable bonds is 7. The van der Waals surface area contributed by atoms with Gasteiger partial charge in [0.1, 0.15) is 0 Å². The Kier molecular flexibility index (Phi) is 6.33. The molecule has 0 atom stereocenters. The molecule has 1 heterocycles. The van der Waals surface area contributed by atoms with Crippen molar-refractivity contribution >= 4 is 27.7 Å². The minimum Gasteiger partial charge on any atom is -0.388 e. The normalized spacial score (nSPS) is 11.5. The quantitative estimate of drug-likeness (QED) is 0.467. The van der Waals surface area contributed by atoms with Crippen molar-refractivity contribution in [3.05, 3.63) is 52.8 Å². The highest BCUT2D eigenvalue weighted by molar-refractivity contribution is 9.10. The smallest absolute Gasteiger partial charge is 0.225 e. The first-order chi connectivity index (χ1) is 10.6. The molecule has 0 aliphatic carbocycles. The summed E-state index contributed by atoms with van der Waals surface area (Å²) in [5.74, 6) is 1.36. The second kappa shape index (κ2) is 8.48. The summed E-state index contributed by atoms with van der Waals surface area (Å²) in [4.78, 5) is 15.1. The molecule has 0 saturated heterocycles. The number of anilines is 1. The number of amidine groups is 1. The molecule has 6 heteroatoms. The average Bonchev–Trinajstić information content (AvgIpc) is 2.53. The molecule has 2 rings (SSSR count). The topological polar surface area (TPSA) is 67.4 Å². The lowest BCUT2D eigenvalue weighted by Gasteiger charge is -2.22. The Balaban J connectivity index is 2.04. The van der Waals surface area contributed by atoms with Crippen LogP contribution in [0.15, 0.2) is 52.2 Å². The lowest BCUT2D eigenvalue weighted by atomic mass is 10.2. The van der Waals surface area contributed by atoms with Gasteiger partial charge in [-0.3, -0.25) is 4.99 Å². The van der Waals surface area contributed by atoms with Gasteiger partial charge >= 0.3 is 0 Å². The monoisotopic (exact) mass is 361 g/mol. The van der Waals surface area contributed by atoms with E-state index in [4.69, 9.17) is 5.73 Å². The van der Waals surface area contributed by atoms with Gasteiger partial charge in [0.25, 0.3) is 0 Å². The number of aromatic nitrogens is 2. The Hall–Kier alpha value is -1.95. The van der Waals surface area contributed by atoms with E-state index in [1.807, 2.05) is 18.2 Å². The van der Waals surface area contributed by atoms with Gasteiger partial charge < -0.3 is 10.6 Å². The highest BCUT2D eigenvalue weighted by Gasteiger charge is 2.09. The van der Waals surface area contributed by atoms with Crippen molar-refractivity contribution < 1.29 is 0 Å². The van der Waals surface area contributed by atoms with Crippen molar-refractivity contribution in [2.24, 2.45) is 10.7 Å². The third kappa shape index (κ3) is 5.44. The van der Waals surface area contributed by atoms with Crippen molar-refractivity contribution in [3.8, 4) is 0 Å². The molecule has 2 aromatic rings. The van der Waals surface area contributed by atoms with Crippen molar-refractivity contribution in [1.82, 2.24) is 9.97 Å². The Morgan fingerprint density at radius 1 is 1.23 bits per heavy atom. The van der Waals surface area contributed by atoms with Crippen LogP contribution in [-0.2, 0) is 6.54 Å². The van der Waals surface area contributed by atoms with Crippen LogP contribution in [0.1, 0.15) is 18.9 Å². The number of nitrogens with zero attached hydrogens (tertiary/aromatic N) is 4. The largest absolute Gasteiger partial charge is 0.388 e. The number of hydrogen-bond acceptors (Lipinski definition) is 4. The van der Waals surface area contributed by atoms with Gasteiger partial charge in [0.2, 0.25) is 5.95 Å². The van der Waals surface area contributed by atoms with Gasteiger partial charge in [-0.05, 0) is 37.1 Å². The Bertz CT molecular complexity index is 594. The molecule has 0 amide bonds. The molecule has 0 unspecified atom stereocenters. The van der Waals surface area contributed by atoms with Gasteiger partial charge in [-0.1, -0.05) is 28.1 Å². The molecule has 116 valence electrons. The zero-order valence-corrected chi connectivity index (χ0v) is 14.2. The summed E-state index contributed by atoms with van der Waals surface area (Å²) >= 11 is 3.46. The Labute approximate surface area is 139 Å². The molecule has 5 nitrogen and oxygen atoms in total. The minimum atomic E-state index is 0.621. The number of halogens is 1. The van der Waals surface area contributed by atoms with Crippen LogP contribution in [0.25, 0.3) is 0 Å². The molecule has 1 aromatic heterocycles. The van der Waals surface area contributed by atoms with E-state index in [2.05, 4.69) is 47.9 Å². The summed E-state index contributed by atoms with van der Waals surface area (Å²) < 4.78 is 1.08. The molecule has 22 heavy (non-hydrogen) atoms. The van der Waals surface area contributed by atoms with Gasteiger partial charge in [0.15, 0.2) is 0 Å². The van der Waals surface area contributed by atoms with Gasteiger partial charge in [0, 0.05) is 36.5 Å². The second-order valence-electron chi connectivity index (χ2n) is 4.97. The van der Waals surface area contributed by atoms with E-state index in [1.54, 1.807) is 19.3 Å². The Morgan fingerprint density at radius 2 is 1.91 bits per heavy atom. The molecule has 1 aromatic carbocycles. The maximum absolute atomic E-state index is 5.57. The lowest BCUT2D eigenvalue weighted by molar-refractivity contribution is 0.714. The van der Waals surface area contributed by atoms with E-state index >= 15 is 0 Å². The van der Waals surface area contributed by atoms with Crippen LogP contribution in [0.3, 0.4) is 0 Å². The van der Waals surface area contributed by atoms with Crippen molar-refractivity contribution in [3.63, 3.8) is 0 Å². The molecule has 2 N–H and O–H groups in total. The first-order valence-corrected chi connectivity index (χ1v) is 7.97. The van der Waals surface area contributed by atoms with Crippen molar-refractivity contribution in [1.29, 1.82) is 0 Å². The second-order valence-corrected chi connectivity index (χ2v) is 5.89. The van der Waals surface area contributed by atoms with E-state index in [-0.39, 0.29) is 0 Å². The SMILES string of the molecule is CC(N)=NCCCN(Cc1ccc(Br)cc1)c1ncccn1. The molecule has 0 radical (unpaired) electrons. The maximum atomic E-state index is 5.57. The lowest BCUT2D eigenvalue weighted by Crippen LogP contribution is -2.26. The maximum Gasteiger partial charge on any atom is 0.225 e. The first kappa shape index (κ1) is 16.4. The van der Waals surface area contributed by atoms with E-state index in [1.165, 1.54) is 5.56 Å². The zero-order valence-electron chi connectivity index (χ0n) is 12.6. The predicted molar refractivity (Wildman–Crippen MR) is 94.0 cm³/mol. The molecule has 0 aliphatic heterocycles. The van der Waals surface area contributed by atoms with Crippen LogP contribution < -0.4 is 10.6 Å². The summed E-state index contributed by atoms with van der Waals surface area (Å²) in [6.45, 7) is 4.12. The van der Waals surface area contributed by atoms with Gasteiger partial charge in [-0.2, -0.15) is 0 Å². The predicted octanol–water partition coefficient (Wildman–Crippen LogP) is 3.01. The standard InChI is InChI=1S/C16H20BrN5/c1-13(18)19-10-3-11-22(16-20-8-2-9-21-16)12-14-4-6-15(17)7-5-14/h2,4-9H,3,10-12H2,1H3,(H2,18,19). The van der Waals surface area contributed by atoms with E-state index in [0.717, 1.165) is 29.9 Å². The van der Waals surface area contributed by atoms with Crippen molar-refractivity contribution in [2.45, 2.75) is 19.9 Å². The van der Waals surface area contributed by atoms with Crippen LogP contribution in [0.2, 0.25) is 0 Å². The summed E-state index contributed by atoms with van der Waals surface area (Å²) in [7, 11) is 0. The molecule has 0 saturated carbocycles. The summed E-state index contributed by atoms with van der Waals surface area (Å²) in [5.41, 5.74) is 6.78. The zero-order chi connectivity index (χ0) is 15.8. The number of aliphatic imine (C=N–C) groups is 1. The third-order valence-corrected chi connectivity index (χ3v) is 3.60. The van der Waals surface area contributed by atoms with Crippen LogP contribution in [0.5, 0.6) is 0 Å². The van der Waals surface area contributed by atoms with E-state index in [9.17, 15) is 0 Å². The van der Waals surface area contributed by atoms with Crippen LogP contribution in [-0.4, -0.2) is 28.9 Å². The Morgan fingerprint density at radius 3 is 2.55 bits per heavy atom. The highest BCUT2D eigenvalue weighted by atomic mass is 79.9. The minimum absolute atomic E-state index is 0.621. The molecule has 0 bridgehead atoms. The summed E-state index contributed by atoms with van der Waals surface area (Å²) in [6, 6.07) is 10.1. The van der Waals surface area contributed by atoms with Gasteiger partial charge in [-0.25, -0.2) is 9.97 Å². The van der Waals surface area contributed by atoms with Crippen LogP contribution >= 0.6 is 15.9 Å². The fraction of sp³-hybridized carbons (Fsp3) is 0.312.